The Kier molecular flexibility index (Phi) is 11.2. The van der Waals surface area contributed by atoms with E-state index in [1.807, 2.05) is 75.0 Å². The summed E-state index contributed by atoms with van der Waals surface area (Å²) in [4.78, 5) is 59.2. The largest absolute Gasteiger partial charge is 0.453 e. The van der Waals surface area contributed by atoms with E-state index >= 15 is 0 Å². The highest BCUT2D eigenvalue weighted by atomic mass is 16.6. The molecule has 3 N–H and O–H groups in total. The van der Waals surface area contributed by atoms with Crippen molar-refractivity contribution in [3.8, 4) is 33.6 Å². The van der Waals surface area contributed by atoms with Crippen LogP contribution in [0.1, 0.15) is 89.1 Å². The van der Waals surface area contributed by atoms with E-state index in [2.05, 4.69) is 88.1 Å². The SMILES string of the molecule is COC(=O)N[C@H](C(=O)N1CCC[C@H]1c1ncc(-c2ccc3cc(-c4ccc(-c5cnc([C@@H]6C[C@@H](c7ccccc7)CN6C(=O)OC(C)(C)C)[nH]5)cc4)ccc3c2)[nH]1)C(C)C. The molecule has 310 valence electrons. The minimum absolute atomic E-state index is 0.101. The lowest BCUT2D eigenvalue weighted by molar-refractivity contribution is -0.135. The summed E-state index contributed by atoms with van der Waals surface area (Å²) >= 11 is 0. The van der Waals surface area contributed by atoms with E-state index in [4.69, 9.17) is 19.4 Å². The smallest absolute Gasteiger partial charge is 0.410 e. The lowest BCUT2D eigenvalue weighted by Crippen LogP contribution is -2.51. The summed E-state index contributed by atoms with van der Waals surface area (Å²) in [6.07, 6.45) is 5.12. The molecule has 3 amide bonds. The van der Waals surface area contributed by atoms with Crippen molar-refractivity contribution in [1.82, 2.24) is 35.1 Å². The van der Waals surface area contributed by atoms with Crippen LogP contribution >= 0.6 is 0 Å². The third-order valence-corrected chi connectivity index (χ3v) is 11.6. The fourth-order valence-electron chi connectivity index (χ4n) is 8.52. The molecule has 0 bridgehead atoms. The molecule has 0 spiro atoms. The minimum atomic E-state index is -0.684. The van der Waals surface area contributed by atoms with Gasteiger partial charge in [0.1, 0.15) is 23.3 Å². The zero-order chi connectivity index (χ0) is 42.1. The highest BCUT2D eigenvalue weighted by molar-refractivity contribution is 5.91. The molecule has 2 saturated heterocycles. The molecular formula is C48H53N7O5. The van der Waals surface area contributed by atoms with E-state index in [0.29, 0.717) is 13.1 Å². The Bertz CT molecular complexity index is 2490. The van der Waals surface area contributed by atoms with Crippen LogP contribution in [0, 0.1) is 5.92 Å². The van der Waals surface area contributed by atoms with Crippen molar-refractivity contribution in [1.29, 1.82) is 0 Å². The summed E-state index contributed by atoms with van der Waals surface area (Å²) in [5.74, 6) is 1.43. The first kappa shape index (κ1) is 40.4. The molecule has 2 aliphatic heterocycles. The molecule has 0 saturated carbocycles. The Morgan fingerprint density at radius 1 is 0.767 bits per heavy atom. The number of hydrogen-bond acceptors (Lipinski definition) is 7. The van der Waals surface area contributed by atoms with Crippen LogP contribution in [0.15, 0.2) is 103 Å². The summed E-state index contributed by atoms with van der Waals surface area (Å²) in [5.41, 5.74) is 6.58. The van der Waals surface area contributed by atoms with Gasteiger partial charge in [0.05, 0.1) is 43.0 Å². The molecule has 4 heterocycles. The van der Waals surface area contributed by atoms with Crippen molar-refractivity contribution in [2.75, 3.05) is 20.2 Å². The number of carbonyl (C=O) groups excluding carboxylic acids is 3. The number of rotatable bonds is 9. The molecule has 4 atom stereocenters. The van der Waals surface area contributed by atoms with Crippen LogP contribution in [0.2, 0.25) is 0 Å². The number of ether oxygens (including phenoxy) is 2. The number of nitrogens with zero attached hydrogens (tertiary/aromatic N) is 4. The van der Waals surface area contributed by atoms with Crippen LogP contribution < -0.4 is 5.32 Å². The molecule has 0 aliphatic carbocycles. The first-order valence-electron chi connectivity index (χ1n) is 20.8. The van der Waals surface area contributed by atoms with E-state index in [1.165, 1.54) is 12.7 Å². The number of nitrogens with one attached hydrogen (secondary N) is 3. The first-order valence-corrected chi connectivity index (χ1v) is 20.8. The van der Waals surface area contributed by atoms with E-state index in [0.717, 1.165) is 75.3 Å². The molecule has 2 aromatic heterocycles. The van der Waals surface area contributed by atoms with Crippen molar-refractivity contribution in [2.45, 2.75) is 83.5 Å². The lowest BCUT2D eigenvalue weighted by atomic mass is 9.96. The molecule has 8 rings (SSSR count). The fourth-order valence-corrected chi connectivity index (χ4v) is 8.52. The number of likely N-dealkylation sites (tertiary alicyclic amines) is 2. The van der Waals surface area contributed by atoms with Gasteiger partial charge in [-0.15, -0.1) is 0 Å². The maximum absolute atomic E-state index is 13.6. The molecule has 2 aliphatic rings. The topological polar surface area (TPSA) is 146 Å². The Labute approximate surface area is 350 Å². The normalized spacial score (nSPS) is 18.6. The maximum Gasteiger partial charge on any atom is 0.410 e. The number of benzene rings is 4. The second-order valence-electron chi connectivity index (χ2n) is 17.3. The number of aromatic nitrogens is 4. The highest BCUT2D eigenvalue weighted by Gasteiger charge is 2.41. The van der Waals surface area contributed by atoms with E-state index in [-0.39, 0.29) is 35.9 Å². The monoisotopic (exact) mass is 807 g/mol. The Morgan fingerprint density at radius 3 is 2.02 bits per heavy atom. The van der Waals surface area contributed by atoms with Crippen molar-refractivity contribution in [3.05, 3.63) is 121 Å². The van der Waals surface area contributed by atoms with Gasteiger partial charge in [0.15, 0.2) is 0 Å². The Balaban J connectivity index is 0.959. The number of H-pyrrole nitrogens is 2. The summed E-state index contributed by atoms with van der Waals surface area (Å²) in [6, 6.07) is 30.5. The van der Waals surface area contributed by atoms with Gasteiger partial charge in [0.2, 0.25) is 5.91 Å². The van der Waals surface area contributed by atoms with Gasteiger partial charge in [-0.2, -0.15) is 0 Å². The van der Waals surface area contributed by atoms with Gasteiger partial charge >= 0.3 is 12.2 Å². The highest BCUT2D eigenvalue weighted by Crippen LogP contribution is 2.41. The lowest BCUT2D eigenvalue weighted by Gasteiger charge is -2.30. The van der Waals surface area contributed by atoms with Gasteiger partial charge in [0.25, 0.3) is 0 Å². The van der Waals surface area contributed by atoms with E-state index in [9.17, 15) is 14.4 Å². The second-order valence-corrected chi connectivity index (χ2v) is 17.3. The molecule has 60 heavy (non-hydrogen) atoms. The molecule has 0 unspecified atom stereocenters. The van der Waals surface area contributed by atoms with Crippen LogP contribution in [0.5, 0.6) is 0 Å². The quantitative estimate of drug-likeness (QED) is 0.132. The molecule has 12 nitrogen and oxygen atoms in total. The zero-order valence-corrected chi connectivity index (χ0v) is 35.1. The molecule has 0 radical (unpaired) electrons. The number of methoxy groups -OCH3 is 1. The number of imidazole rings is 2. The van der Waals surface area contributed by atoms with Gasteiger partial charge in [-0.25, -0.2) is 19.6 Å². The summed E-state index contributed by atoms with van der Waals surface area (Å²) in [7, 11) is 1.30. The number of alkyl carbamates (subject to hydrolysis) is 1. The van der Waals surface area contributed by atoms with Gasteiger partial charge < -0.3 is 29.7 Å². The average Bonchev–Trinajstić information content (AvgIpc) is 4.08. The number of hydrogen-bond donors (Lipinski definition) is 3. The van der Waals surface area contributed by atoms with Crippen molar-refractivity contribution < 1.29 is 23.9 Å². The van der Waals surface area contributed by atoms with Gasteiger partial charge in [-0.05, 0) is 91.1 Å². The summed E-state index contributed by atoms with van der Waals surface area (Å²) in [5, 5.41) is 4.92. The summed E-state index contributed by atoms with van der Waals surface area (Å²) in [6.45, 7) is 10.7. The second kappa shape index (κ2) is 16.7. The van der Waals surface area contributed by atoms with E-state index in [1.54, 1.807) is 0 Å². The number of aromatic amines is 2. The molecule has 2 fully saturated rings. The third kappa shape index (κ3) is 8.50. The van der Waals surface area contributed by atoms with Crippen molar-refractivity contribution in [2.24, 2.45) is 5.92 Å². The van der Waals surface area contributed by atoms with Crippen LogP contribution in [-0.2, 0) is 14.3 Å². The first-order chi connectivity index (χ1) is 28.8. The fraction of sp³-hybridized carbons (Fsp3) is 0.354. The zero-order valence-electron chi connectivity index (χ0n) is 35.1. The predicted octanol–water partition coefficient (Wildman–Crippen LogP) is 9.80. The molecule has 12 heteroatoms. The molecule has 4 aromatic carbocycles. The number of carbonyl (C=O) groups is 3. The van der Waals surface area contributed by atoms with Crippen LogP contribution in [0.25, 0.3) is 44.4 Å². The van der Waals surface area contributed by atoms with Gasteiger partial charge in [-0.1, -0.05) is 92.7 Å². The van der Waals surface area contributed by atoms with Crippen molar-refractivity contribution in [3.63, 3.8) is 0 Å². The summed E-state index contributed by atoms with van der Waals surface area (Å²) < 4.78 is 10.6. The van der Waals surface area contributed by atoms with Gasteiger partial charge in [-0.3, -0.25) is 9.69 Å². The minimum Gasteiger partial charge on any atom is -0.453 e. The van der Waals surface area contributed by atoms with Crippen LogP contribution in [0.4, 0.5) is 9.59 Å². The van der Waals surface area contributed by atoms with Gasteiger partial charge in [0, 0.05) is 24.6 Å². The van der Waals surface area contributed by atoms with Crippen LogP contribution in [-0.4, -0.2) is 79.7 Å². The van der Waals surface area contributed by atoms with Crippen molar-refractivity contribution >= 4 is 28.9 Å². The maximum atomic E-state index is 13.6. The third-order valence-electron chi connectivity index (χ3n) is 11.6. The standard InChI is InChI=1S/C48H53N7O5/c1-29(2)42(53-46(57)59-6)45(56)54-22-10-13-40(54)43-49-27-39(52-43)36-21-20-34-23-33(18-19-35(34)24-36)31-14-16-32(17-15-31)38-26-50-44(51-38)41-25-37(30-11-8-7-9-12-30)28-55(41)47(58)60-48(3,4)5/h7-9,11-12,14-21,23-24,26-27,29,37,40-42H,10,13,22,25,28H2,1-6H3,(H,49,52)(H,50,51)(H,53,57)/t37-,40+,41+,42+/m1/s1. The Hall–Kier alpha value is -6.43. The molecular weight excluding hydrogens is 755 g/mol. The number of amides is 3. The predicted molar refractivity (Wildman–Crippen MR) is 232 cm³/mol. The Morgan fingerprint density at radius 2 is 1.37 bits per heavy atom. The molecule has 6 aromatic rings. The van der Waals surface area contributed by atoms with Crippen LogP contribution in [0.3, 0.4) is 0 Å². The average molecular weight is 808 g/mol. The number of fused-ring (bicyclic) bond motifs is 1. The van der Waals surface area contributed by atoms with E-state index < -0.39 is 17.7 Å².